The van der Waals surface area contributed by atoms with Crippen LogP contribution in [-0.2, 0) is 7.05 Å². The van der Waals surface area contributed by atoms with Crippen molar-refractivity contribution in [2.45, 2.75) is 51.0 Å². The van der Waals surface area contributed by atoms with E-state index in [1.807, 2.05) is 4.90 Å². The summed E-state index contributed by atoms with van der Waals surface area (Å²) in [4.78, 5) is 26.3. The number of piperidine rings is 1. The zero-order valence-corrected chi connectivity index (χ0v) is 15.0. The van der Waals surface area contributed by atoms with E-state index in [1.54, 1.807) is 24.1 Å². The van der Waals surface area contributed by atoms with Crippen LogP contribution in [0.5, 0.6) is 0 Å². The molecule has 1 saturated heterocycles. The molecule has 0 spiro atoms. The Bertz CT molecular complexity index is 586. The van der Waals surface area contributed by atoms with E-state index in [4.69, 9.17) is 0 Å². The lowest BCUT2D eigenvalue weighted by atomic mass is 9.95. The molecule has 1 aliphatic heterocycles. The molecule has 25 heavy (non-hydrogen) atoms. The fourth-order valence-electron chi connectivity index (χ4n) is 3.73. The Morgan fingerprint density at radius 1 is 1.16 bits per heavy atom. The summed E-state index contributed by atoms with van der Waals surface area (Å²) in [6.07, 6.45) is 11.1. The van der Waals surface area contributed by atoms with Crippen LogP contribution in [0.15, 0.2) is 12.4 Å². The van der Waals surface area contributed by atoms with Gasteiger partial charge in [0.05, 0.1) is 11.8 Å². The van der Waals surface area contributed by atoms with Crippen molar-refractivity contribution >= 4 is 11.9 Å². The molecule has 1 aromatic heterocycles. The van der Waals surface area contributed by atoms with Crippen molar-refractivity contribution in [3.8, 4) is 0 Å². The van der Waals surface area contributed by atoms with Crippen molar-refractivity contribution in [3.05, 3.63) is 18.0 Å². The number of nitrogens with one attached hydrogen (secondary N) is 2. The minimum Gasteiger partial charge on any atom is -0.352 e. The molecule has 3 amide bonds. The summed E-state index contributed by atoms with van der Waals surface area (Å²) in [5, 5.41) is 10.2. The number of urea groups is 1. The lowest BCUT2D eigenvalue weighted by molar-refractivity contribution is 0.0937. The Balaban J connectivity index is 1.36. The van der Waals surface area contributed by atoms with Gasteiger partial charge in [-0.3, -0.25) is 9.48 Å². The van der Waals surface area contributed by atoms with E-state index in [0.29, 0.717) is 24.1 Å². The maximum atomic E-state index is 12.4. The zero-order chi connectivity index (χ0) is 17.6. The van der Waals surface area contributed by atoms with Crippen molar-refractivity contribution in [1.29, 1.82) is 0 Å². The summed E-state index contributed by atoms with van der Waals surface area (Å²) in [7, 11) is 1.80. The predicted molar refractivity (Wildman–Crippen MR) is 95.2 cm³/mol. The molecular weight excluding hydrogens is 318 g/mol. The fraction of sp³-hybridized carbons (Fsp3) is 0.722. The van der Waals surface area contributed by atoms with Gasteiger partial charge in [-0.15, -0.1) is 0 Å². The summed E-state index contributed by atoms with van der Waals surface area (Å²) < 4.78 is 1.62. The average molecular weight is 347 g/mol. The molecule has 2 aliphatic rings. The summed E-state index contributed by atoms with van der Waals surface area (Å²) >= 11 is 0. The molecule has 1 aliphatic carbocycles. The van der Waals surface area contributed by atoms with Gasteiger partial charge in [0.2, 0.25) is 0 Å². The van der Waals surface area contributed by atoms with Gasteiger partial charge in [-0.25, -0.2) is 4.79 Å². The molecule has 1 aromatic rings. The van der Waals surface area contributed by atoms with Crippen molar-refractivity contribution in [2.75, 3.05) is 19.6 Å². The number of hydrogen-bond acceptors (Lipinski definition) is 3. The zero-order valence-electron chi connectivity index (χ0n) is 15.0. The lowest BCUT2D eigenvalue weighted by Crippen LogP contribution is -2.49. The number of rotatable bonds is 4. The maximum Gasteiger partial charge on any atom is 0.317 e. The highest BCUT2D eigenvalue weighted by atomic mass is 16.2. The van der Waals surface area contributed by atoms with Crippen molar-refractivity contribution in [2.24, 2.45) is 13.0 Å². The van der Waals surface area contributed by atoms with Gasteiger partial charge in [0, 0.05) is 38.9 Å². The van der Waals surface area contributed by atoms with Gasteiger partial charge in [0.25, 0.3) is 5.91 Å². The molecule has 7 heteroatoms. The topological polar surface area (TPSA) is 79.3 Å². The number of hydrogen-bond donors (Lipinski definition) is 2. The first-order valence-electron chi connectivity index (χ1n) is 9.44. The van der Waals surface area contributed by atoms with Crippen LogP contribution in [-0.4, -0.2) is 52.3 Å². The lowest BCUT2D eigenvalue weighted by Gasteiger charge is -2.34. The summed E-state index contributed by atoms with van der Waals surface area (Å²) in [5.41, 5.74) is 0.590. The monoisotopic (exact) mass is 347 g/mol. The van der Waals surface area contributed by atoms with Gasteiger partial charge in [-0.2, -0.15) is 5.10 Å². The second-order valence-corrected chi connectivity index (χ2v) is 7.33. The molecule has 0 bridgehead atoms. The Morgan fingerprint density at radius 3 is 2.52 bits per heavy atom. The SMILES string of the molecule is Cn1cc(C(=O)NCC2CCN(C(=O)NC3CCCCC3)CC2)cn1. The highest BCUT2D eigenvalue weighted by Gasteiger charge is 2.25. The van der Waals surface area contributed by atoms with Crippen LogP contribution in [0, 0.1) is 5.92 Å². The predicted octanol–water partition coefficient (Wildman–Crippen LogP) is 1.90. The Kier molecular flexibility index (Phi) is 5.94. The number of aryl methyl sites for hydroxylation is 1. The largest absolute Gasteiger partial charge is 0.352 e. The van der Waals surface area contributed by atoms with Crippen LogP contribution in [0.4, 0.5) is 4.79 Å². The number of amides is 3. The summed E-state index contributed by atoms with van der Waals surface area (Å²) in [6, 6.07) is 0.447. The number of carbonyl (C=O) groups is 2. The molecular formula is C18H29N5O2. The molecule has 7 nitrogen and oxygen atoms in total. The molecule has 1 saturated carbocycles. The van der Waals surface area contributed by atoms with E-state index < -0.39 is 0 Å². The van der Waals surface area contributed by atoms with Gasteiger partial charge in [0.1, 0.15) is 0 Å². The third kappa shape index (κ3) is 4.96. The summed E-state index contributed by atoms with van der Waals surface area (Å²) in [6.45, 7) is 2.20. The molecule has 0 atom stereocenters. The second-order valence-electron chi connectivity index (χ2n) is 7.33. The fourth-order valence-corrected chi connectivity index (χ4v) is 3.73. The van der Waals surface area contributed by atoms with E-state index in [1.165, 1.54) is 19.3 Å². The smallest absolute Gasteiger partial charge is 0.317 e. The van der Waals surface area contributed by atoms with Crippen LogP contribution in [0.3, 0.4) is 0 Å². The third-order valence-electron chi connectivity index (χ3n) is 5.35. The number of nitrogens with zero attached hydrogens (tertiary/aromatic N) is 3. The Labute approximate surface area is 149 Å². The van der Waals surface area contributed by atoms with Gasteiger partial charge >= 0.3 is 6.03 Å². The van der Waals surface area contributed by atoms with E-state index >= 15 is 0 Å². The van der Waals surface area contributed by atoms with Gasteiger partial charge in [0.15, 0.2) is 0 Å². The second kappa shape index (κ2) is 8.36. The van der Waals surface area contributed by atoms with Crippen molar-refractivity contribution < 1.29 is 9.59 Å². The van der Waals surface area contributed by atoms with E-state index in [0.717, 1.165) is 38.8 Å². The summed E-state index contributed by atoms with van der Waals surface area (Å²) in [5.74, 6) is 0.352. The number of carbonyl (C=O) groups excluding carboxylic acids is 2. The minimum absolute atomic E-state index is 0.0782. The van der Waals surface area contributed by atoms with E-state index in [-0.39, 0.29) is 11.9 Å². The number of aromatic nitrogens is 2. The molecule has 3 rings (SSSR count). The van der Waals surface area contributed by atoms with Gasteiger partial charge in [-0.05, 0) is 31.6 Å². The minimum atomic E-state index is -0.0782. The molecule has 0 aromatic carbocycles. The average Bonchev–Trinajstić information content (AvgIpc) is 3.07. The maximum absolute atomic E-state index is 12.4. The molecule has 0 unspecified atom stereocenters. The standard InChI is InChI=1S/C18H29N5O2/c1-22-13-15(12-20-22)17(24)19-11-14-7-9-23(10-8-14)18(25)21-16-5-3-2-4-6-16/h12-14,16H,2-11H2,1H3,(H,19,24)(H,21,25). The molecule has 0 radical (unpaired) electrons. The first-order valence-corrected chi connectivity index (χ1v) is 9.44. The van der Waals surface area contributed by atoms with Crippen molar-refractivity contribution in [3.63, 3.8) is 0 Å². The first kappa shape index (κ1) is 17.8. The van der Waals surface area contributed by atoms with Crippen LogP contribution >= 0.6 is 0 Å². The Hall–Kier alpha value is -2.05. The quantitative estimate of drug-likeness (QED) is 0.873. The van der Waals surface area contributed by atoms with Gasteiger partial charge < -0.3 is 15.5 Å². The molecule has 2 fully saturated rings. The van der Waals surface area contributed by atoms with Crippen LogP contribution in [0.1, 0.15) is 55.3 Å². The number of likely N-dealkylation sites (tertiary alicyclic amines) is 1. The molecule has 2 N–H and O–H groups in total. The molecule has 2 heterocycles. The van der Waals surface area contributed by atoms with Crippen LogP contribution in [0.2, 0.25) is 0 Å². The highest BCUT2D eigenvalue weighted by Crippen LogP contribution is 2.20. The van der Waals surface area contributed by atoms with E-state index in [2.05, 4.69) is 15.7 Å². The Morgan fingerprint density at radius 2 is 1.88 bits per heavy atom. The van der Waals surface area contributed by atoms with Crippen LogP contribution < -0.4 is 10.6 Å². The van der Waals surface area contributed by atoms with Crippen LogP contribution in [0.25, 0.3) is 0 Å². The molecule has 138 valence electrons. The van der Waals surface area contributed by atoms with E-state index in [9.17, 15) is 9.59 Å². The van der Waals surface area contributed by atoms with Crippen molar-refractivity contribution in [1.82, 2.24) is 25.3 Å². The van der Waals surface area contributed by atoms with Gasteiger partial charge in [-0.1, -0.05) is 19.3 Å². The normalized spacial score (nSPS) is 19.6. The third-order valence-corrected chi connectivity index (χ3v) is 5.35. The first-order chi connectivity index (χ1) is 12.1. The highest BCUT2D eigenvalue weighted by molar-refractivity contribution is 5.93.